The van der Waals surface area contributed by atoms with Gasteiger partial charge in [0.2, 0.25) is 10.0 Å². The first kappa shape index (κ1) is 27.4. The van der Waals surface area contributed by atoms with Crippen molar-refractivity contribution in [2.75, 3.05) is 24.3 Å². The number of nitrogens with zero attached hydrogens (tertiary/aromatic N) is 2. The molecule has 1 N–H and O–H groups in total. The first-order chi connectivity index (χ1) is 17.2. The van der Waals surface area contributed by atoms with E-state index in [-0.39, 0.29) is 6.61 Å². The highest BCUT2D eigenvalue weighted by atomic mass is 35.5. The number of carboxylic acids is 1. The van der Waals surface area contributed by atoms with Gasteiger partial charge in [-0.05, 0) is 69.5 Å². The highest BCUT2D eigenvalue weighted by Crippen LogP contribution is 2.49. The van der Waals surface area contributed by atoms with Crippen molar-refractivity contribution in [2.24, 2.45) is 0 Å². The van der Waals surface area contributed by atoms with E-state index >= 15 is 0 Å². The second-order valence-electron chi connectivity index (χ2n) is 10.5. The quantitative estimate of drug-likeness (QED) is 0.429. The molecule has 2 atom stereocenters. The van der Waals surface area contributed by atoms with Gasteiger partial charge in [-0.15, -0.1) is 0 Å². The standard InChI is InChI=1S/C27H33ClN2O6S/c1-15-12-20-22(17-8-10-18(28)11-9-17)21(25(26(31)32)36-27(3,4)5)16(2)23-24(20)29(15)13-19(14-35-6)30(23)37(7,33)34/h8-12,19,25H,13-14H2,1-7H3,(H,31,32)/t19-,25-/m0/s1. The zero-order valence-electron chi connectivity index (χ0n) is 22.1. The summed E-state index contributed by atoms with van der Waals surface area (Å²) < 4.78 is 41.4. The Hall–Kier alpha value is -2.59. The number of ether oxygens (including phenoxy) is 2. The molecule has 200 valence electrons. The smallest absolute Gasteiger partial charge is 0.337 e. The number of aliphatic carboxylic acids is 1. The van der Waals surface area contributed by atoms with Crippen LogP contribution in [0.5, 0.6) is 0 Å². The van der Waals surface area contributed by atoms with E-state index in [1.54, 1.807) is 39.8 Å². The van der Waals surface area contributed by atoms with Crippen LogP contribution in [0.2, 0.25) is 5.02 Å². The molecule has 3 aromatic rings. The molecule has 0 amide bonds. The molecule has 1 aliphatic heterocycles. The van der Waals surface area contributed by atoms with Crippen molar-refractivity contribution in [1.82, 2.24) is 4.57 Å². The van der Waals surface area contributed by atoms with Crippen LogP contribution in [-0.2, 0) is 30.8 Å². The van der Waals surface area contributed by atoms with Gasteiger partial charge in [-0.2, -0.15) is 0 Å². The van der Waals surface area contributed by atoms with Crippen molar-refractivity contribution in [3.63, 3.8) is 0 Å². The number of methoxy groups -OCH3 is 1. The third-order valence-corrected chi connectivity index (χ3v) is 8.03. The molecule has 0 saturated heterocycles. The lowest BCUT2D eigenvalue weighted by molar-refractivity contribution is -0.160. The summed E-state index contributed by atoms with van der Waals surface area (Å²) in [6.45, 7) is 9.70. The van der Waals surface area contributed by atoms with Crippen LogP contribution in [0.15, 0.2) is 30.3 Å². The van der Waals surface area contributed by atoms with E-state index in [4.69, 9.17) is 21.1 Å². The predicted octanol–water partition coefficient (Wildman–Crippen LogP) is 5.31. The molecule has 0 aliphatic carbocycles. The fourth-order valence-corrected chi connectivity index (χ4v) is 6.67. The number of halogens is 1. The molecule has 2 aromatic carbocycles. The van der Waals surface area contributed by atoms with E-state index in [1.165, 1.54) is 17.7 Å². The van der Waals surface area contributed by atoms with Crippen molar-refractivity contribution in [3.05, 3.63) is 52.2 Å². The van der Waals surface area contributed by atoms with Gasteiger partial charge < -0.3 is 19.1 Å². The van der Waals surface area contributed by atoms with Crippen LogP contribution in [0, 0.1) is 13.8 Å². The predicted molar refractivity (Wildman–Crippen MR) is 146 cm³/mol. The highest BCUT2D eigenvalue weighted by Gasteiger charge is 2.40. The number of carboxylic acid groups (broad SMARTS) is 1. The van der Waals surface area contributed by atoms with Crippen LogP contribution in [0.3, 0.4) is 0 Å². The van der Waals surface area contributed by atoms with Gasteiger partial charge in [0.15, 0.2) is 6.10 Å². The van der Waals surface area contributed by atoms with E-state index < -0.39 is 33.7 Å². The number of hydrogen-bond donors (Lipinski definition) is 1. The number of rotatable bonds is 7. The minimum atomic E-state index is -3.75. The maximum absolute atomic E-state index is 13.2. The zero-order chi connectivity index (χ0) is 27.4. The second-order valence-corrected chi connectivity index (χ2v) is 12.8. The van der Waals surface area contributed by atoms with E-state index in [1.807, 2.05) is 25.1 Å². The van der Waals surface area contributed by atoms with Gasteiger partial charge in [-0.1, -0.05) is 23.7 Å². The topological polar surface area (TPSA) is 98.1 Å². The van der Waals surface area contributed by atoms with Crippen LogP contribution in [0.25, 0.3) is 22.0 Å². The third kappa shape index (κ3) is 4.97. The third-order valence-electron chi connectivity index (χ3n) is 6.58. The minimum Gasteiger partial charge on any atom is -0.479 e. The molecule has 1 aromatic heterocycles. The maximum atomic E-state index is 13.2. The molecule has 8 nitrogen and oxygen atoms in total. The van der Waals surface area contributed by atoms with Crippen LogP contribution < -0.4 is 4.31 Å². The van der Waals surface area contributed by atoms with Crippen molar-refractivity contribution in [3.8, 4) is 11.1 Å². The van der Waals surface area contributed by atoms with Gasteiger partial charge >= 0.3 is 5.97 Å². The molecule has 0 fully saturated rings. The molecule has 0 unspecified atom stereocenters. The number of aromatic nitrogens is 1. The molecular formula is C27H33ClN2O6S. The Morgan fingerprint density at radius 1 is 1.22 bits per heavy atom. The summed E-state index contributed by atoms with van der Waals surface area (Å²) in [4.78, 5) is 12.7. The summed E-state index contributed by atoms with van der Waals surface area (Å²) in [6, 6.07) is 8.68. The van der Waals surface area contributed by atoms with Crippen LogP contribution in [0.4, 0.5) is 5.69 Å². The fraction of sp³-hybridized carbons (Fsp3) is 0.444. The Labute approximate surface area is 222 Å². The summed E-state index contributed by atoms with van der Waals surface area (Å²) in [7, 11) is -2.21. The Kier molecular flexibility index (Phi) is 7.13. The van der Waals surface area contributed by atoms with Gasteiger partial charge in [0.05, 0.1) is 35.7 Å². The molecule has 2 heterocycles. The highest BCUT2D eigenvalue weighted by molar-refractivity contribution is 7.92. The fourth-order valence-electron chi connectivity index (χ4n) is 5.32. The number of sulfonamides is 1. The molecule has 10 heteroatoms. The lowest BCUT2D eigenvalue weighted by Crippen LogP contribution is -2.48. The molecule has 1 aliphatic rings. The van der Waals surface area contributed by atoms with Gasteiger partial charge in [0.1, 0.15) is 0 Å². The second kappa shape index (κ2) is 9.62. The number of carbonyl (C=O) groups is 1. The first-order valence-electron chi connectivity index (χ1n) is 12.0. The maximum Gasteiger partial charge on any atom is 0.337 e. The van der Waals surface area contributed by atoms with Gasteiger partial charge in [0, 0.05) is 35.3 Å². The van der Waals surface area contributed by atoms with Gasteiger partial charge in [-0.3, -0.25) is 4.31 Å². The molecule has 0 bridgehead atoms. The number of anilines is 1. The lowest BCUT2D eigenvalue weighted by Gasteiger charge is -2.39. The Balaban J connectivity index is 2.22. The van der Waals surface area contributed by atoms with Crippen molar-refractivity contribution in [1.29, 1.82) is 0 Å². The molecule has 4 rings (SSSR count). The Bertz CT molecular complexity index is 1470. The van der Waals surface area contributed by atoms with Gasteiger partial charge in [0.25, 0.3) is 0 Å². The largest absolute Gasteiger partial charge is 0.479 e. The normalized spacial score (nSPS) is 16.9. The number of hydrogen-bond acceptors (Lipinski definition) is 5. The average Bonchev–Trinajstić information content (AvgIpc) is 3.10. The Morgan fingerprint density at radius 3 is 2.35 bits per heavy atom. The summed E-state index contributed by atoms with van der Waals surface area (Å²) in [5.74, 6) is -1.16. The summed E-state index contributed by atoms with van der Waals surface area (Å²) >= 11 is 6.18. The van der Waals surface area contributed by atoms with Crippen LogP contribution in [0.1, 0.15) is 43.7 Å². The van der Waals surface area contributed by atoms with Crippen LogP contribution >= 0.6 is 11.6 Å². The summed E-state index contributed by atoms with van der Waals surface area (Å²) in [5.41, 5.74) is 3.73. The molecular weight excluding hydrogens is 516 g/mol. The van der Waals surface area contributed by atoms with Crippen molar-refractivity contribution < 1.29 is 27.8 Å². The summed E-state index contributed by atoms with van der Waals surface area (Å²) in [5, 5.41) is 11.7. The molecule has 0 spiro atoms. The number of benzene rings is 2. The van der Waals surface area contributed by atoms with E-state index in [9.17, 15) is 18.3 Å². The SMILES string of the molecule is COC[C@@H]1Cn2c(C)cc3c(-c4ccc(Cl)cc4)c([C@H](OC(C)(C)C)C(=O)O)c(C)c(c32)N1S(C)(=O)=O. The molecule has 37 heavy (non-hydrogen) atoms. The van der Waals surface area contributed by atoms with Crippen LogP contribution in [-0.4, -0.2) is 55.7 Å². The lowest BCUT2D eigenvalue weighted by atomic mass is 9.87. The van der Waals surface area contributed by atoms with E-state index in [2.05, 4.69) is 4.57 Å². The Morgan fingerprint density at radius 2 is 1.84 bits per heavy atom. The van der Waals surface area contributed by atoms with Crippen molar-refractivity contribution >= 4 is 44.2 Å². The molecule has 0 radical (unpaired) electrons. The van der Waals surface area contributed by atoms with Crippen molar-refractivity contribution in [2.45, 2.75) is 58.9 Å². The first-order valence-corrected chi connectivity index (χ1v) is 14.2. The van der Waals surface area contributed by atoms with E-state index in [0.29, 0.717) is 33.9 Å². The average molecular weight is 549 g/mol. The zero-order valence-corrected chi connectivity index (χ0v) is 23.7. The molecule has 0 saturated carbocycles. The number of aryl methyl sites for hydroxylation is 1. The minimum absolute atomic E-state index is 0.181. The monoisotopic (exact) mass is 548 g/mol. The van der Waals surface area contributed by atoms with Gasteiger partial charge in [-0.25, -0.2) is 13.2 Å². The van der Waals surface area contributed by atoms with E-state index in [0.717, 1.165) is 22.2 Å². The summed E-state index contributed by atoms with van der Waals surface area (Å²) in [6.07, 6.45) is -0.182.